The lowest BCUT2D eigenvalue weighted by Crippen LogP contribution is -2.07. The summed E-state index contributed by atoms with van der Waals surface area (Å²) >= 11 is 4.77. The summed E-state index contributed by atoms with van der Waals surface area (Å²) in [6, 6.07) is 7.63. The molecule has 1 aromatic heterocycles. The smallest absolute Gasteiger partial charge is 0.341 e. The van der Waals surface area contributed by atoms with Gasteiger partial charge in [0.15, 0.2) is 0 Å². The molecule has 0 saturated carbocycles. The number of nitrogens with zero attached hydrogens (tertiary/aromatic N) is 1. The standard InChI is InChI=1S/C15H12BrNO3S/c1-2-20-15(19)13-11(9-3-5-10(16)6-4-9)7-17-12(18)8-21-14(13)17/h3-7H,2,8H2,1H3. The second kappa shape index (κ2) is 5.69. The zero-order chi connectivity index (χ0) is 15.0. The Kier molecular flexibility index (Phi) is 3.91. The van der Waals surface area contributed by atoms with Gasteiger partial charge in [-0.2, -0.15) is 0 Å². The van der Waals surface area contributed by atoms with Crippen molar-refractivity contribution in [1.29, 1.82) is 0 Å². The highest BCUT2D eigenvalue weighted by atomic mass is 79.9. The van der Waals surface area contributed by atoms with Crippen molar-refractivity contribution in [2.24, 2.45) is 0 Å². The van der Waals surface area contributed by atoms with Crippen molar-refractivity contribution in [3.63, 3.8) is 0 Å². The Morgan fingerprint density at radius 2 is 2.10 bits per heavy atom. The van der Waals surface area contributed by atoms with E-state index in [0.717, 1.165) is 15.6 Å². The Morgan fingerprint density at radius 1 is 1.38 bits per heavy atom. The first kappa shape index (κ1) is 14.4. The third kappa shape index (κ3) is 2.53. The second-order valence-corrected chi connectivity index (χ2v) is 6.38. The molecule has 0 bridgehead atoms. The van der Waals surface area contributed by atoms with E-state index in [4.69, 9.17) is 4.74 Å². The molecule has 1 aromatic carbocycles. The molecule has 2 aromatic rings. The lowest BCUT2D eigenvalue weighted by atomic mass is 10.1. The molecular formula is C15H12BrNO3S. The molecule has 4 nitrogen and oxygen atoms in total. The molecule has 0 saturated heterocycles. The Bertz CT molecular complexity index is 721. The van der Waals surface area contributed by atoms with Gasteiger partial charge in [0.05, 0.1) is 22.9 Å². The van der Waals surface area contributed by atoms with E-state index < -0.39 is 0 Å². The molecule has 0 radical (unpaired) electrons. The number of esters is 1. The fourth-order valence-electron chi connectivity index (χ4n) is 2.26. The van der Waals surface area contributed by atoms with E-state index in [-0.39, 0.29) is 11.9 Å². The zero-order valence-electron chi connectivity index (χ0n) is 11.3. The summed E-state index contributed by atoms with van der Waals surface area (Å²) in [5.41, 5.74) is 2.10. The molecule has 0 amide bonds. The number of benzene rings is 1. The van der Waals surface area contributed by atoms with Crippen LogP contribution in [0.1, 0.15) is 22.1 Å². The predicted octanol–water partition coefficient (Wildman–Crippen LogP) is 3.84. The number of hydrogen-bond donors (Lipinski definition) is 0. The molecular weight excluding hydrogens is 354 g/mol. The van der Waals surface area contributed by atoms with E-state index in [9.17, 15) is 9.59 Å². The number of rotatable bonds is 3. The highest BCUT2D eigenvalue weighted by molar-refractivity contribution is 9.10. The summed E-state index contributed by atoms with van der Waals surface area (Å²) in [7, 11) is 0. The van der Waals surface area contributed by atoms with Crippen molar-refractivity contribution in [2.45, 2.75) is 11.9 Å². The maximum Gasteiger partial charge on any atom is 0.341 e. The van der Waals surface area contributed by atoms with Crippen molar-refractivity contribution < 1.29 is 14.3 Å². The molecule has 0 spiro atoms. The predicted molar refractivity (Wildman–Crippen MR) is 84.9 cm³/mol. The van der Waals surface area contributed by atoms with E-state index in [1.807, 2.05) is 24.3 Å². The average Bonchev–Trinajstić information content (AvgIpc) is 3.00. The Morgan fingerprint density at radius 3 is 2.76 bits per heavy atom. The van der Waals surface area contributed by atoms with Crippen molar-refractivity contribution in [3.05, 3.63) is 40.5 Å². The van der Waals surface area contributed by atoms with Crippen LogP contribution in [0, 0.1) is 0 Å². The molecule has 1 aliphatic heterocycles. The van der Waals surface area contributed by atoms with Gasteiger partial charge in [0.1, 0.15) is 0 Å². The Hall–Kier alpha value is -1.53. The minimum absolute atomic E-state index is 0.0103. The molecule has 6 heteroatoms. The first-order valence-corrected chi connectivity index (χ1v) is 8.24. The molecule has 3 rings (SSSR count). The summed E-state index contributed by atoms with van der Waals surface area (Å²) in [6.45, 7) is 2.08. The zero-order valence-corrected chi connectivity index (χ0v) is 13.7. The van der Waals surface area contributed by atoms with E-state index in [2.05, 4.69) is 15.9 Å². The third-order valence-corrected chi connectivity index (χ3v) is 4.79. The van der Waals surface area contributed by atoms with Gasteiger partial charge in [-0.1, -0.05) is 39.8 Å². The van der Waals surface area contributed by atoms with Crippen molar-refractivity contribution in [2.75, 3.05) is 12.4 Å². The Labute approximate surface area is 134 Å². The van der Waals surface area contributed by atoms with Crippen molar-refractivity contribution in [3.8, 4) is 11.1 Å². The van der Waals surface area contributed by atoms with Gasteiger partial charge in [0, 0.05) is 16.2 Å². The number of halogens is 1. The molecule has 0 unspecified atom stereocenters. The monoisotopic (exact) mass is 365 g/mol. The van der Waals surface area contributed by atoms with E-state index in [0.29, 0.717) is 22.9 Å². The second-order valence-electron chi connectivity index (χ2n) is 4.50. The molecule has 1 aliphatic rings. The van der Waals surface area contributed by atoms with Gasteiger partial charge in [-0.3, -0.25) is 9.36 Å². The van der Waals surface area contributed by atoms with Crippen molar-refractivity contribution in [1.82, 2.24) is 4.57 Å². The SMILES string of the molecule is CCOC(=O)c1c(-c2ccc(Br)cc2)cn2c1SCC2=O. The van der Waals surface area contributed by atoms with Crippen molar-refractivity contribution >= 4 is 39.6 Å². The minimum Gasteiger partial charge on any atom is -0.462 e. The van der Waals surface area contributed by atoms with E-state index >= 15 is 0 Å². The summed E-state index contributed by atoms with van der Waals surface area (Å²) in [6.07, 6.45) is 1.73. The molecule has 0 atom stereocenters. The number of ether oxygens (including phenoxy) is 1. The molecule has 0 aliphatic carbocycles. The normalized spacial score (nSPS) is 13.3. The van der Waals surface area contributed by atoms with Crippen LogP contribution in [-0.2, 0) is 4.74 Å². The van der Waals surface area contributed by atoms with Crippen LogP contribution >= 0.6 is 27.7 Å². The Balaban J connectivity index is 2.16. The van der Waals surface area contributed by atoms with Crippen LogP contribution in [-0.4, -0.2) is 28.8 Å². The van der Waals surface area contributed by atoms with Crippen LogP contribution in [0.4, 0.5) is 0 Å². The topological polar surface area (TPSA) is 48.3 Å². The largest absolute Gasteiger partial charge is 0.462 e. The fourth-order valence-corrected chi connectivity index (χ4v) is 3.56. The number of carbonyl (C=O) groups is 2. The number of aromatic nitrogens is 1. The molecule has 108 valence electrons. The number of hydrogen-bond acceptors (Lipinski definition) is 4. The van der Waals surface area contributed by atoms with Gasteiger partial charge in [-0.15, -0.1) is 0 Å². The third-order valence-electron chi connectivity index (χ3n) is 3.20. The van der Waals surface area contributed by atoms with Crippen LogP contribution in [0.5, 0.6) is 0 Å². The fraction of sp³-hybridized carbons (Fsp3) is 0.200. The van der Waals surface area contributed by atoms with Gasteiger partial charge in [0.25, 0.3) is 0 Å². The van der Waals surface area contributed by atoms with Gasteiger partial charge in [-0.05, 0) is 24.6 Å². The molecule has 2 heterocycles. The summed E-state index contributed by atoms with van der Waals surface area (Å²) in [4.78, 5) is 24.1. The number of fused-ring (bicyclic) bond motifs is 1. The van der Waals surface area contributed by atoms with Crippen LogP contribution in [0.3, 0.4) is 0 Å². The maximum absolute atomic E-state index is 12.3. The highest BCUT2D eigenvalue weighted by Crippen LogP contribution is 2.38. The molecule has 0 N–H and O–H groups in total. The summed E-state index contributed by atoms with van der Waals surface area (Å²) < 4.78 is 7.66. The summed E-state index contributed by atoms with van der Waals surface area (Å²) in [5.74, 6) is -0.0298. The van der Waals surface area contributed by atoms with E-state index in [1.54, 1.807) is 17.7 Å². The van der Waals surface area contributed by atoms with Gasteiger partial charge in [-0.25, -0.2) is 4.79 Å². The minimum atomic E-state index is -0.383. The lowest BCUT2D eigenvalue weighted by Gasteiger charge is -2.06. The number of thioether (sulfide) groups is 1. The average molecular weight is 366 g/mol. The quantitative estimate of drug-likeness (QED) is 0.775. The first-order valence-electron chi connectivity index (χ1n) is 6.46. The lowest BCUT2D eigenvalue weighted by molar-refractivity contribution is 0.0523. The first-order chi connectivity index (χ1) is 10.1. The molecule has 21 heavy (non-hydrogen) atoms. The molecule has 0 fully saturated rings. The van der Waals surface area contributed by atoms with E-state index in [1.165, 1.54) is 11.8 Å². The van der Waals surface area contributed by atoms with Gasteiger partial charge in [0.2, 0.25) is 5.91 Å². The summed E-state index contributed by atoms with van der Waals surface area (Å²) in [5, 5.41) is 0.677. The van der Waals surface area contributed by atoms with Crippen LogP contribution in [0.15, 0.2) is 40.0 Å². The van der Waals surface area contributed by atoms with Crippen LogP contribution in [0.25, 0.3) is 11.1 Å². The van der Waals surface area contributed by atoms with Crippen LogP contribution < -0.4 is 0 Å². The van der Waals surface area contributed by atoms with Crippen LogP contribution in [0.2, 0.25) is 0 Å². The van der Waals surface area contributed by atoms with Gasteiger partial charge >= 0.3 is 5.97 Å². The van der Waals surface area contributed by atoms with Gasteiger partial charge < -0.3 is 4.74 Å². The highest BCUT2D eigenvalue weighted by Gasteiger charge is 2.30. The number of carbonyl (C=O) groups excluding carboxylic acids is 2. The maximum atomic E-state index is 12.3.